The minimum atomic E-state index is -0.800. The first kappa shape index (κ1) is 14.0. The minimum Gasteiger partial charge on any atom is -0.506 e. The van der Waals surface area contributed by atoms with Crippen LogP contribution in [0, 0.1) is 26.7 Å². The Morgan fingerprint density at radius 3 is 2.24 bits per heavy atom. The summed E-state index contributed by atoms with van der Waals surface area (Å²) in [5.41, 5.74) is 3.69. The fraction of sp³-hybridized carbons (Fsp3) is 0.462. The van der Waals surface area contributed by atoms with Gasteiger partial charge in [0.2, 0.25) is 0 Å². The Balaban J connectivity index is 3.30. The van der Waals surface area contributed by atoms with Gasteiger partial charge in [-0.2, -0.15) is 0 Å². The number of rotatable bonds is 3. The summed E-state index contributed by atoms with van der Waals surface area (Å²) in [5, 5.41) is 18.8. The quantitative estimate of drug-likeness (QED) is 0.900. The predicted octanol–water partition coefficient (Wildman–Crippen LogP) is 3.34. The van der Waals surface area contributed by atoms with Crippen LogP contribution >= 0.6 is 15.9 Å². The van der Waals surface area contributed by atoms with E-state index >= 15 is 0 Å². The van der Waals surface area contributed by atoms with E-state index < -0.39 is 11.9 Å². The van der Waals surface area contributed by atoms with Crippen molar-refractivity contribution in [3.8, 4) is 5.75 Å². The molecule has 1 atom stereocenters. The molecule has 0 bridgehead atoms. The Hall–Kier alpha value is -1.03. The van der Waals surface area contributed by atoms with E-state index in [0.29, 0.717) is 10.9 Å². The number of phenolic OH excluding ortho intramolecular Hbond substituents is 1. The van der Waals surface area contributed by atoms with Crippen LogP contribution in [-0.4, -0.2) is 16.2 Å². The maximum Gasteiger partial charge on any atom is 0.306 e. The Morgan fingerprint density at radius 2 is 1.76 bits per heavy atom. The third kappa shape index (κ3) is 2.63. The predicted molar refractivity (Wildman–Crippen MR) is 70.5 cm³/mol. The molecule has 0 amide bonds. The SMILES string of the molecule is Cc1c(C)c(CC(C)C(=O)O)c(C)c(Br)c1O. The van der Waals surface area contributed by atoms with E-state index in [1.54, 1.807) is 6.92 Å². The molecule has 0 aliphatic heterocycles. The third-order valence-electron chi connectivity index (χ3n) is 3.29. The number of carboxylic acids is 1. The number of phenols is 1. The molecule has 1 unspecified atom stereocenters. The number of benzene rings is 1. The Kier molecular flexibility index (Phi) is 4.20. The highest BCUT2D eigenvalue weighted by atomic mass is 79.9. The van der Waals surface area contributed by atoms with Crippen LogP contribution in [0.5, 0.6) is 5.75 Å². The molecule has 2 N–H and O–H groups in total. The van der Waals surface area contributed by atoms with Gasteiger partial charge in [-0.15, -0.1) is 0 Å². The smallest absolute Gasteiger partial charge is 0.306 e. The molecule has 94 valence electrons. The van der Waals surface area contributed by atoms with Gasteiger partial charge in [-0.3, -0.25) is 4.79 Å². The van der Waals surface area contributed by atoms with Crippen LogP contribution in [0.4, 0.5) is 0 Å². The van der Waals surface area contributed by atoms with Crippen LogP contribution in [0.1, 0.15) is 29.2 Å². The number of carbonyl (C=O) groups is 1. The zero-order chi connectivity index (χ0) is 13.3. The van der Waals surface area contributed by atoms with Crippen molar-refractivity contribution in [1.82, 2.24) is 0 Å². The van der Waals surface area contributed by atoms with Crippen LogP contribution in [0.25, 0.3) is 0 Å². The highest BCUT2D eigenvalue weighted by molar-refractivity contribution is 9.10. The van der Waals surface area contributed by atoms with Crippen molar-refractivity contribution in [3.05, 3.63) is 26.7 Å². The molecule has 0 aliphatic rings. The molecular weight excluding hydrogens is 284 g/mol. The van der Waals surface area contributed by atoms with E-state index in [1.165, 1.54) is 0 Å². The number of hydrogen-bond donors (Lipinski definition) is 2. The summed E-state index contributed by atoms with van der Waals surface area (Å²) >= 11 is 3.34. The highest BCUT2D eigenvalue weighted by Crippen LogP contribution is 2.36. The minimum absolute atomic E-state index is 0.242. The summed E-state index contributed by atoms with van der Waals surface area (Å²) in [6.07, 6.45) is 0.479. The van der Waals surface area contributed by atoms with Gasteiger partial charge in [0.15, 0.2) is 0 Å². The van der Waals surface area contributed by atoms with Crippen molar-refractivity contribution in [1.29, 1.82) is 0 Å². The molecule has 4 heteroatoms. The van der Waals surface area contributed by atoms with Gasteiger partial charge >= 0.3 is 5.97 Å². The molecule has 0 fully saturated rings. The third-order valence-corrected chi connectivity index (χ3v) is 4.26. The van der Waals surface area contributed by atoms with Crippen LogP contribution < -0.4 is 0 Å². The molecule has 0 heterocycles. The molecule has 3 nitrogen and oxygen atoms in total. The first-order chi connectivity index (χ1) is 7.77. The fourth-order valence-corrected chi connectivity index (χ4v) is 2.40. The number of halogens is 1. The number of aliphatic carboxylic acids is 1. The molecule has 0 saturated carbocycles. The van der Waals surface area contributed by atoms with Crippen molar-refractivity contribution in [2.75, 3.05) is 0 Å². The maximum atomic E-state index is 10.9. The number of hydrogen-bond acceptors (Lipinski definition) is 2. The maximum absolute atomic E-state index is 10.9. The van der Waals surface area contributed by atoms with Gasteiger partial charge in [0.25, 0.3) is 0 Å². The molecule has 1 aromatic rings. The van der Waals surface area contributed by atoms with E-state index in [1.807, 2.05) is 20.8 Å². The lowest BCUT2D eigenvalue weighted by molar-refractivity contribution is -0.141. The Morgan fingerprint density at radius 1 is 1.24 bits per heavy atom. The molecule has 0 aromatic heterocycles. The van der Waals surface area contributed by atoms with Gasteiger partial charge in [-0.05, 0) is 65.4 Å². The van der Waals surface area contributed by atoms with Crippen molar-refractivity contribution in [2.24, 2.45) is 5.92 Å². The van der Waals surface area contributed by atoms with Gasteiger partial charge in [-0.25, -0.2) is 0 Å². The second kappa shape index (κ2) is 5.08. The van der Waals surface area contributed by atoms with Crippen LogP contribution in [0.2, 0.25) is 0 Å². The summed E-state index contributed by atoms with van der Waals surface area (Å²) < 4.78 is 0.660. The van der Waals surface area contributed by atoms with Crippen molar-refractivity contribution in [2.45, 2.75) is 34.1 Å². The average Bonchev–Trinajstić information content (AvgIpc) is 2.29. The van der Waals surface area contributed by atoms with E-state index in [4.69, 9.17) is 5.11 Å². The van der Waals surface area contributed by atoms with Gasteiger partial charge in [0.05, 0.1) is 10.4 Å². The second-order valence-electron chi connectivity index (χ2n) is 4.46. The molecule has 0 spiro atoms. The van der Waals surface area contributed by atoms with Crippen molar-refractivity contribution >= 4 is 21.9 Å². The largest absolute Gasteiger partial charge is 0.506 e. The normalized spacial score (nSPS) is 12.5. The molecule has 0 saturated heterocycles. The lowest BCUT2D eigenvalue weighted by Gasteiger charge is -2.18. The number of carboxylic acid groups (broad SMARTS) is 1. The molecule has 0 aliphatic carbocycles. The molecule has 1 aromatic carbocycles. The first-order valence-corrected chi connectivity index (χ1v) is 6.26. The molecular formula is C13H17BrO3. The van der Waals surface area contributed by atoms with Gasteiger partial charge < -0.3 is 10.2 Å². The van der Waals surface area contributed by atoms with Gasteiger partial charge in [0.1, 0.15) is 5.75 Å². The average molecular weight is 301 g/mol. The zero-order valence-corrected chi connectivity index (χ0v) is 12.1. The second-order valence-corrected chi connectivity index (χ2v) is 5.25. The van der Waals surface area contributed by atoms with Gasteiger partial charge in [-0.1, -0.05) is 6.92 Å². The van der Waals surface area contributed by atoms with E-state index in [-0.39, 0.29) is 5.75 Å². The lowest BCUT2D eigenvalue weighted by atomic mass is 9.90. The van der Waals surface area contributed by atoms with Crippen LogP contribution in [-0.2, 0) is 11.2 Å². The Labute approximate surface area is 110 Å². The summed E-state index contributed by atoms with van der Waals surface area (Å²) in [7, 11) is 0. The topological polar surface area (TPSA) is 57.5 Å². The Bertz CT molecular complexity index is 437. The first-order valence-electron chi connectivity index (χ1n) is 5.47. The summed E-state index contributed by atoms with van der Waals surface area (Å²) in [6, 6.07) is 0. The highest BCUT2D eigenvalue weighted by Gasteiger charge is 2.19. The number of aromatic hydroxyl groups is 1. The summed E-state index contributed by atoms with van der Waals surface area (Å²) in [6.45, 7) is 7.33. The lowest BCUT2D eigenvalue weighted by Crippen LogP contribution is -2.14. The van der Waals surface area contributed by atoms with E-state index in [2.05, 4.69) is 15.9 Å². The monoisotopic (exact) mass is 300 g/mol. The zero-order valence-electron chi connectivity index (χ0n) is 10.5. The van der Waals surface area contributed by atoms with E-state index in [9.17, 15) is 9.90 Å². The van der Waals surface area contributed by atoms with E-state index in [0.717, 1.165) is 22.3 Å². The van der Waals surface area contributed by atoms with Crippen LogP contribution in [0.3, 0.4) is 0 Å². The molecule has 17 heavy (non-hydrogen) atoms. The summed E-state index contributed by atoms with van der Waals surface area (Å²) in [5.74, 6) is -0.986. The molecule has 1 rings (SSSR count). The standard InChI is InChI=1S/C13H17BrO3/c1-6(13(16)17)5-10-7(2)8(3)12(15)11(14)9(10)4/h6,15H,5H2,1-4H3,(H,16,17). The molecule has 0 radical (unpaired) electrons. The summed E-state index contributed by atoms with van der Waals surface area (Å²) in [4.78, 5) is 10.9. The van der Waals surface area contributed by atoms with Crippen molar-refractivity contribution in [3.63, 3.8) is 0 Å². The van der Waals surface area contributed by atoms with Crippen LogP contribution in [0.15, 0.2) is 4.47 Å². The van der Waals surface area contributed by atoms with Gasteiger partial charge in [0, 0.05) is 0 Å². The fourth-order valence-electron chi connectivity index (χ4n) is 1.86. The van der Waals surface area contributed by atoms with Crippen molar-refractivity contribution < 1.29 is 15.0 Å².